The zero-order chi connectivity index (χ0) is 19.5. The van der Waals surface area contributed by atoms with Crippen LogP contribution < -0.4 is 19.5 Å². The van der Waals surface area contributed by atoms with Crippen LogP contribution in [0.2, 0.25) is 5.02 Å². The second kappa shape index (κ2) is 7.84. The Bertz CT molecular complexity index is 944. The van der Waals surface area contributed by atoms with Crippen molar-refractivity contribution in [3.63, 3.8) is 0 Å². The number of carbonyl (C=O) groups excluding carboxylic acids is 1. The molecule has 0 spiro atoms. The summed E-state index contributed by atoms with van der Waals surface area (Å²) in [6, 6.07) is 7.87. The SMILES string of the molecule is COc1cc(C(=O)Nc2ccc(C)c(NS(C)(=O)=O)c2)cc(Cl)c1OC. The summed E-state index contributed by atoms with van der Waals surface area (Å²) in [5.41, 5.74) is 1.81. The van der Waals surface area contributed by atoms with Crippen LogP contribution in [0, 0.1) is 6.92 Å². The number of aryl methyl sites for hydroxylation is 1. The van der Waals surface area contributed by atoms with Crippen molar-refractivity contribution >= 4 is 38.9 Å². The van der Waals surface area contributed by atoms with Crippen molar-refractivity contribution < 1.29 is 22.7 Å². The summed E-state index contributed by atoms with van der Waals surface area (Å²) in [4.78, 5) is 12.5. The molecule has 2 aromatic carbocycles. The first-order valence-electron chi connectivity index (χ1n) is 7.46. The highest BCUT2D eigenvalue weighted by Gasteiger charge is 2.16. The molecule has 2 N–H and O–H groups in total. The Morgan fingerprint density at radius 3 is 2.38 bits per heavy atom. The number of ether oxygens (including phenoxy) is 2. The molecule has 2 aromatic rings. The van der Waals surface area contributed by atoms with Gasteiger partial charge >= 0.3 is 0 Å². The number of sulfonamides is 1. The minimum Gasteiger partial charge on any atom is -0.493 e. The number of anilines is 2. The van der Waals surface area contributed by atoms with E-state index >= 15 is 0 Å². The van der Waals surface area contributed by atoms with Gasteiger partial charge in [0, 0.05) is 11.3 Å². The lowest BCUT2D eigenvalue weighted by molar-refractivity contribution is 0.102. The van der Waals surface area contributed by atoms with E-state index in [2.05, 4.69) is 10.0 Å². The van der Waals surface area contributed by atoms with E-state index in [-0.39, 0.29) is 10.6 Å². The number of carbonyl (C=O) groups is 1. The molecule has 0 aromatic heterocycles. The zero-order valence-electron chi connectivity index (χ0n) is 14.7. The van der Waals surface area contributed by atoms with E-state index < -0.39 is 15.9 Å². The van der Waals surface area contributed by atoms with Gasteiger partial charge < -0.3 is 14.8 Å². The molecule has 0 unspecified atom stereocenters. The molecule has 2 rings (SSSR count). The van der Waals surface area contributed by atoms with E-state index in [0.717, 1.165) is 11.8 Å². The Labute approximate surface area is 157 Å². The molecule has 0 saturated heterocycles. The molecule has 0 aliphatic rings. The molecule has 9 heteroatoms. The van der Waals surface area contributed by atoms with Crippen LogP contribution in [-0.2, 0) is 10.0 Å². The Hall–Kier alpha value is -2.45. The molecule has 0 aliphatic heterocycles. The number of nitrogens with one attached hydrogen (secondary N) is 2. The average Bonchev–Trinajstić information content (AvgIpc) is 2.55. The third-order valence-corrected chi connectivity index (χ3v) is 4.36. The normalized spacial score (nSPS) is 11.0. The predicted octanol–water partition coefficient (Wildman–Crippen LogP) is 3.29. The topological polar surface area (TPSA) is 93.7 Å². The Morgan fingerprint density at radius 2 is 1.81 bits per heavy atom. The van der Waals surface area contributed by atoms with Gasteiger partial charge in [0.25, 0.3) is 5.91 Å². The minimum absolute atomic E-state index is 0.236. The summed E-state index contributed by atoms with van der Waals surface area (Å²) >= 11 is 6.12. The molecule has 26 heavy (non-hydrogen) atoms. The molecule has 0 atom stereocenters. The lowest BCUT2D eigenvalue weighted by Crippen LogP contribution is -2.14. The van der Waals surface area contributed by atoms with Crippen molar-refractivity contribution in [3.8, 4) is 11.5 Å². The molecule has 0 fully saturated rings. The fourth-order valence-electron chi connectivity index (χ4n) is 2.26. The van der Waals surface area contributed by atoms with E-state index in [1.807, 2.05) is 0 Å². The van der Waals surface area contributed by atoms with Crippen molar-refractivity contribution in [1.82, 2.24) is 0 Å². The summed E-state index contributed by atoms with van der Waals surface area (Å²) in [6.45, 7) is 1.76. The van der Waals surface area contributed by atoms with Crippen molar-refractivity contribution in [2.75, 3.05) is 30.5 Å². The number of amides is 1. The molecular weight excluding hydrogens is 380 g/mol. The Balaban J connectivity index is 2.30. The third kappa shape index (κ3) is 4.80. The Morgan fingerprint density at radius 1 is 1.12 bits per heavy atom. The smallest absolute Gasteiger partial charge is 0.255 e. The first-order valence-corrected chi connectivity index (χ1v) is 9.73. The van der Waals surface area contributed by atoms with Gasteiger partial charge in [0.2, 0.25) is 10.0 Å². The maximum atomic E-state index is 12.5. The van der Waals surface area contributed by atoms with E-state index in [1.54, 1.807) is 19.1 Å². The average molecular weight is 399 g/mol. The van der Waals surface area contributed by atoms with Gasteiger partial charge in [-0.2, -0.15) is 0 Å². The minimum atomic E-state index is -3.43. The number of hydrogen-bond donors (Lipinski definition) is 2. The summed E-state index contributed by atoms with van der Waals surface area (Å²) in [6.07, 6.45) is 1.06. The number of benzene rings is 2. The Kier molecular flexibility index (Phi) is 5.99. The van der Waals surface area contributed by atoms with Gasteiger partial charge in [-0.25, -0.2) is 8.42 Å². The van der Waals surface area contributed by atoms with Crippen LogP contribution >= 0.6 is 11.6 Å². The van der Waals surface area contributed by atoms with Crippen LogP contribution in [0.25, 0.3) is 0 Å². The molecule has 0 bridgehead atoms. The second-order valence-corrected chi connectivity index (χ2v) is 7.71. The van der Waals surface area contributed by atoms with Crippen molar-refractivity contribution in [1.29, 1.82) is 0 Å². The molecule has 7 nitrogen and oxygen atoms in total. The van der Waals surface area contributed by atoms with Crippen LogP contribution in [0.3, 0.4) is 0 Å². The van der Waals surface area contributed by atoms with Crippen LogP contribution in [-0.4, -0.2) is 34.8 Å². The number of hydrogen-bond acceptors (Lipinski definition) is 5. The highest BCUT2D eigenvalue weighted by Crippen LogP contribution is 2.36. The van der Waals surface area contributed by atoms with E-state index in [4.69, 9.17) is 21.1 Å². The maximum absolute atomic E-state index is 12.5. The number of rotatable bonds is 6. The molecule has 1 amide bonds. The summed E-state index contributed by atoms with van der Waals surface area (Å²) in [5.74, 6) is 0.233. The number of halogens is 1. The lowest BCUT2D eigenvalue weighted by Gasteiger charge is -2.13. The molecular formula is C17H19ClN2O5S. The zero-order valence-corrected chi connectivity index (χ0v) is 16.3. The monoisotopic (exact) mass is 398 g/mol. The van der Waals surface area contributed by atoms with Gasteiger partial charge in [-0.3, -0.25) is 9.52 Å². The van der Waals surface area contributed by atoms with E-state index in [0.29, 0.717) is 22.9 Å². The fourth-order valence-corrected chi connectivity index (χ4v) is 3.17. The van der Waals surface area contributed by atoms with Crippen molar-refractivity contribution in [2.24, 2.45) is 0 Å². The highest BCUT2D eigenvalue weighted by atomic mass is 35.5. The first kappa shape index (κ1) is 19.9. The van der Waals surface area contributed by atoms with Gasteiger partial charge in [-0.05, 0) is 36.8 Å². The van der Waals surface area contributed by atoms with Crippen molar-refractivity contribution in [3.05, 3.63) is 46.5 Å². The highest BCUT2D eigenvalue weighted by molar-refractivity contribution is 7.92. The van der Waals surface area contributed by atoms with Crippen LogP contribution in [0.5, 0.6) is 11.5 Å². The molecule has 140 valence electrons. The van der Waals surface area contributed by atoms with Gasteiger partial charge in [0.05, 0.1) is 31.2 Å². The van der Waals surface area contributed by atoms with E-state index in [9.17, 15) is 13.2 Å². The van der Waals surface area contributed by atoms with Crippen LogP contribution in [0.1, 0.15) is 15.9 Å². The quantitative estimate of drug-likeness (QED) is 0.778. The fraction of sp³-hybridized carbons (Fsp3) is 0.235. The standard InChI is InChI=1S/C17H19ClN2O5S/c1-10-5-6-12(9-14(10)20-26(4,22)23)19-17(21)11-7-13(18)16(25-3)15(8-11)24-2/h5-9,20H,1-4H3,(H,19,21). The van der Waals surface area contributed by atoms with Crippen LogP contribution in [0.15, 0.2) is 30.3 Å². The third-order valence-electron chi connectivity index (χ3n) is 3.49. The van der Waals surface area contributed by atoms with Gasteiger partial charge in [-0.1, -0.05) is 17.7 Å². The summed E-state index contributed by atoms with van der Waals surface area (Å²) in [7, 11) is -0.536. The largest absolute Gasteiger partial charge is 0.493 e. The van der Waals surface area contributed by atoms with Crippen molar-refractivity contribution in [2.45, 2.75) is 6.92 Å². The maximum Gasteiger partial charge on any atom is 0.255 e. The van der Waals surface area contributed by atoms with Gasteiger partial charge in [0.15, 0.2) is 11.5 Å². The molecule has 0 heterocycles. The van der Waals surface area contributed by atoms with Crippen LogP contribution in [0.4, 0.5) is 11.4 Å². The second-order valence-electron chi connectivity index (χ2n) is 5.55. The lowest BCUT2D eigenvalue weighted by atomic mass is 10.1. The summed E-state index contributed by atoms with van der Waals surface area (Å²) < 4.78 is 35.6. The number of methoxy groups -OCH3 is 2. The molecule has 0 saturated carbocycles. The van der Waals surface area contributed by atoms with Gasteiger partial charge in [-0.15, -0.1) is 0 Å². The summed E-state index contributed by atoms with van der Waals surface area (Å²) in [5, 5.41) is 2.94. The van der Waals surface area contributed by atoms with E-state index in [1.165, 1.54) is 32.4 Å². The predicted molar refractivity (Wildman–Crippen MR) is 102 cm³/mol. The first-order chi connectivity index (χ1) is 12.1. The molecule has 0 aliphatic carbocycles. The molecule has 0 radical (unpaired) electrons. The van der Waals surface area contributed by atoms with Gasteiger partial charge in [0.1, 0.15) is 0 Å².